The predicted molar refractivity (Wildman–Crippen MR) is 84.2 cm³/mol. The van der Waals surface area contributed by atoms with Crippen molar-refractivity contribution < 1.29 is 33.0 Å². The van der Waals surface area contributed by atoms with E-state index in [-0.39, 0.29) is 27.5 Å². The molecule has 0 radical (unpaired) electrons. The van der Waals surface area contributed by atoms with Crippen molar-refractivity contribution in [2.45, 2.75) is 4.90 Å². The second kappa shape index (κ2) is 6.59. The van der Waals surface area contributed by atoms with Gasteiger partial charge in [-0.3, -0.25) is 4.72 Å². The van der Waals surface area contributed by atoms with Crippen LogP contribution in [0.15, 0.2) is 47.4 Å². The first kappa shape index (κ1) is 17.3. The molecule has 2 aromatic rings. The van der Waals surface area contributed by atoms with Crippen LogP contribution in [-0.4, -0.2) is 37.7 Å². The zero-order chi connectivity index (χ0) is 17.9. The number of methoxy groups -OCH3 is 1. The van der Waals surface area contributed by atoms with Crippen LogP contribution in [0.25, 0.3) is 0 Å². The molecule has 8 nitrogen and oxygen atoms in total. The van der Waals surface area contributed by atoms with E-state index < -0.39 is 22.0 Å². The molecule has 24 heavy (non-hydrogen) atoms. The third kappa shape index (κ3) is 3.46. The molecule has 0 aromatic heterocycles. The highest BCUT2D eigenvalue weighted by Crippen LogP contribution is 2.25. The van der Waals surface area contributed by atoms with Crippen LogP contribution in [0.2, 0.25) is 0 Å². The molecule has 0 aliphatic heterocycles. The number of nitrogens with one attached hydrogen (secondary N) is 1. The van der Waals surface area contributed by atoms with Gasteiger partial charge in [0.25, 0.3) is 10.0 Å². The van der Waals surface area contributed by atoms with Crippen LogP contribution < -0.4 is 9.46 Å². The van der Waals surface area contributed by atoms with Crippen molar-refractivity contribution in [3.8, 4) is 5.75 Å². The summed E-state index contributed by atoms with van der Waals surface area (Å²) < 4.78 is 31.8. The zero-order valence-electron chi connectivity index (χ0n) is 12.4. The van der Waals surface area contributed by atoms with Crippen molar-refractivity contribution in [2.75, 3.05) is 11.8 Å². The number of rotatable bonds is 6. The van der Waals surface area contributed by atoms with Crippen LogP contribution in [0.1, 0.15) is 20.7 Å². The van der Waals surface area contributed by atoms with E-state index in [0.717, 1.165) is 12.1 Å². The van der Waals surface area contributed by atoms with Gasteiger partial charge >= 0.3 is 11.9 Å². The van der Waals surface area contributed by atoms with E-state index >= 15 is 0 Å². The Balaban J connectivity index is 2.47. The van der Waals surface area contributed by atoms with Crippen LogP contribution in [0.5, 0.6) is 5.75 Å². The molecule has 0 spiro atoms. The number of carbonyl (C=O) groups is 2. The van der Waals surface area contributed by atoms with Gasteiger partial charge in [-0.15, -0.1) is 0 Å². The summed E-state index contributed by atoms with van der Waals surface area (Å²) in [6.45, 7) is 0. The number of ether oxygens (including phenoxy) is 1. The van der Waals surface area contributed by atoms with Gasteiger partial charge < -0.3 is 14.9 Å². The molecule has 0 bridgehead atoms. The number of carboxylic acids is 2. The Morgan fingerprint density at radius 2 is 1.62 bits per heavy atom. The predicted octanol–water partition coefficient (Wildman–Crippen LogP) is 1.89. The number of carboxylic acid groups (broad SMARTS) is 2. The number of anilines is 1. The molecular formula is C15H13NO7S. The van der Waals surface area contributed by atoms with Crippen LogP contribution in [0, 0.1) is 0 Å². The number of aromatic carboxylic acids is 2. The van der Waals surface area contributed by atoms with Crippen LogP contribution in [0.3, 0.4) is 0 Å². The lowest BCUT2D eigenvalue weighted by Gasteiger charge is -2.12. The second-order valence-electron chi connectivity index (χ2n) is 4.62. The zero-order valence-corrected chi connectivity index (χ0v) is 13.2. The number of hydrogen-bond acceptors (Lipinski definition) is 5. The Hall–Kier alpha value is -3.07. The molecular weight excluding hydrogens is 338 g/mol. The highest BCUT2D eigenvalue weighted by atomic mass is 32.2. The third-order valence-electron chi connectivity index (χ3n) is 3.11. The molecule has 0 saturated carbocycles. The third-order valence-corrected chi connectivity index (χ3v) is 4.48. The summed E-state index contributed by atoms with van der Waals surface area (Å²) in [6, 6.07) is 8.78. The number of hydrogen-bond donors (Lipinski definition) is 3. The molecule has 0 unspecified atom stereocenters. The van der Waals surface area contributed by atoms with Gasteiger partial charge in [0.05, 0.1) is 23.3 Å². The molecule has 9 heteroatoms. The van der Waals surface area contributed by atoms with Gasteiger partial charge in [0, 0.05) is 0 Å². The van der Waals surface area contributed by atoms with E-state index in [9.17, 15) is 18.0 Å². The topological polar surface area (TPSA) is 130 Å². The molecule has 0 aliphatic carbocycles. The van der Waals surface area contributed by atoms with E-state index in [1.165, 1.54) is 37.4 Å². The van der Waals surface area contributed by atoms with Crippen molar-refractivity contribution in [3.05, 3.63) is 53.6 Å². The first-order valence-electron chi connectivity index (χ1n) is 6.52. The lowest BCUT2D eigenvalue weighted by atomic mass is 10.2. The first-order chi connectivity index (χ1) is 11.3. The van der Waals surface area contributed by atoms with E-state index in [1.807, 2.05) is 0 Å². The largest absolute Gasteiger partial charge is 0.496 e. The molecule has 0 fully saturated rings. The summed E-state index contributed by atoms with van der Waals surface area (Å²) in [7, 11) is -2.92. The lowest BCUT2D eigenvalue weighted by molar-refractivity contribution is 0.0684. The quantitative estimate of drug-likeness (QED) is 0.724. The fourth-order valence-electron chi connectivity index (χ4n) is 1.98. The van der Waals surface area contributed by atoms with E-state index in [2.05, 4.69) is 4.72 Å². The van der Waals surface area contributed by atoms with Crippen molar-refractivity contribution in [1.82, 2.24) is 0 Å². The Bertz CT molecular complexity index is 906. The van der Waals surface area contributed by atoms with Gasteiger partial charge in [-0.05, 0) is 30.3 Å². The summed E-state index contributed by atoms with van der Waals surface area (Å²) in [4.78, 5) is 22.0. The maximum Gasteiger partial charge on any atom is 0.339 e. The summed E-state index contributed by atoms with van der Waals surface area (Å²) in [5, 5.41) is 18.2. The highest BCUT2D eigenvalue weighted by molar-refractivity contribution is 7.92. The maximum atomic E-state index is 12.4. The fraction of sp³-hybridized carbons (Fsp3) is 0.0667. The van der Waals surface area contributed by atoms with Crippen molar-refractivity contribution in [2.24, 2.45) is 0 Å². The summed E-state index contributed by atoms with van der Waals surface area (Å²) in [6.07, 6.45) is 0. The minimum Gasteiger partial charge on any atom is -0.496 e. The number of para-hydroxylation sites is 1. The molecule has 2 rings (SSSR count). The Morgan fingerprint density at radius 3 is 2.21 bits per heavy atom. The monoisotopic (exact) mass is 351 g/mol. The first-order valence-corrected chi connectivity index (χ1v) is 8.01. The molecule has 0 amide bonds. The standard InChI is InChI=1S/C15H13NO7S/c1-23-13-7-6-9(8-11(13)15(19)20)24(21,22)16-12-5-3-2-4-10(12)14(17)18/h2-8,16H,1H3,(H,17,18)(H,19,20). The second-order valence-corrected chi connectivity index (χ2v) is 6.31. The van der Waals surface area contributed by atoms with E-state index in [4.69, 9.17) is 14.9 Å². The molecule has 2 aromatic carbocycles. The Kier molecular flexibility index (Phi) is 4.74. The van der Waals surface area contributed by atoms with Gasteiger partial charge in [-0.1, -0.05) is 12.1 Å². The molecule has 126 valence electrons. The minimum absolute atomic E-state index is 0.00684. The number of sulfonamides is 1. The minimum atomic E-state index is -4.18. The molecule has 0 aliphatic rings. The van der Waals surface area contributed by atoms with Crippen molar-refractivity contribution >= 4 is 27.6 Å². The van der Waals surface area contributed by atoms with E-state index in [1.54, 1.807) is 0 Å². The maximum absolute atomic E-state index is 12.4. The van der Waals surface area contributed by atoms with Crippen LogP contribution in [-0.2, 0) is 10.0 Å². The van der Waals surface area contributed by atoms with Crippen molar-refractivity contribution in [1.29, 1.82) is 0 Å². The highest BCUT2D eigenvalue weighted by Gasteiger charge is 2.21. The Morgan fingerprint density at radius 1 is 1.00 bits per heavy atom. The summed E-state index contributed by atoms with van der Waals surface area (Å²) in [5.74, 6) is -2.64. The fourth-order valence-corrected chi connectivity index (χ4v) is 3.09. The molecule has 0 heterocycles. The van der Waals surface area contributed by atoms with Gasteiger partial charge in [0.2, 0.25) is 0 Å². The van der Waals surface area contributed by atoms with Gasteiger partial charge in [0.15, 0.2) is 0 Å². The Labute approximate surface area is 137 Å². The van der Waals surface area contributed by atoms with Crippen LogP contribution >= 0.6 is 0 Å². The molecule has 0 atom stereocenters. The van der Waals surface area contributed by atoms with Gasteiger partial charge in [-0.25, -0.2) is 18.0 Å². The molecule has 3 N–H and O–H groups in total. The van der Waals surface area contributed by atoms with E-state index in [0.29, 0.717) is 0 Å². The summed E-state index contributed by atoms with van der Waals surface area (Å²) >= 11 is 0. The number of benzene rings is 2. The van der Waals surface area contributed by atoms with Crippen molar-refractivity contribution in [3.63, 3.8) is 0 Å². The SMILES string of the molecule is COc1ccc(S(=O)(=O)Nc2ccccc2C(=O)O)cc1C(=O)O. The summed E-state index contributed by atoms with van der Waals surface area (Å²) in [5.41, 5.74) is -0.683. The normalized spacial score (nSPS) is 10.9. The van der Waals surface area contributed by atoms with Crippen LogP contribution in [0.4, 0.5) is 5.69 Å². The van der Waals surface area contributed by atoms with Gasteiger partial charge in [0.1, 0.15) is 11.3 Å². The van der Waals surface area contributed by atoms with Gasteiger partial charge in [-0.2, -0.15) is 0 Å². The average Bonchev–Trinajstić information content (AvgIpc) is 2.54. The average molecular weight is 351 g/mol. The lowest BCUT2D eigenvalue weighted by Crippen LogP contribution is -2.16. The smallest absolute Gasteiger partial charge is 0.339 e. The molecule has 0 saturated heterocycles.